The summed E-state index contributed by atoms with van der Waals surface area (Å²) in [4.78, 5) is 1.31. The van der Waals surface area contributed by atoms with Gasteiger partial charge >= 0.3 is 0 Å². The number of hydrogen-bond acceptors (Lipinski definition) is 2. The smallest absolute Gasteiger partial charge is 0.0448 e. The van der Waals surface area contributed by atoms with Gasteiger partial charge in [-0.3, -0.25) is 0 Å². The molecule has 0 spiro atoms. The molecule has 10 rings (SSSR count). The molecule has 0 atom stereocenters. The molecule has 0 amide bonds. The molecule has 0 bridgehead atoms. The van der Waals surface area contributed by atoms with E-state index in [1.54, 1.807) is 0 Å². The third-order valence-corrected chi connectivity index (χ3v) is 11.8. The van der Waals surface area contributed by atoms with Crippen LogP contribution in [0.1, 0.15) is 0 Å². The van der Waals surface area contributed by atoms with Gasteiger partial charge in [0.1, 0.15) is 0 Å². The predicted octanol–water partition coefficient (Wildman–Crippen LogP) is 13.7. The fraction of sp³-hybridized carbons (Fsp3) is 0. The van der Waals surface area contributed by atoms with E-state index in [0.29, 0.717) is 0 Å². The van der Waals surface area contributed by atoms with Crippen LogP contribution in [0.15, 0.2) is 158 Å². The van der Waals surface area contributed by atoms with Crippen LogP contribution in [0.25, 0.3) is 95.3 Å². The monoisotopic (exact) mass is 618 g/mol. The van der Waals surface area contributed by atoms with Crippen LogP contribution in [0.5, 0.6) is 0 Å². The molecule has 0 saturated heterocycles. The van der Waals surface area contributed by atoms with Crippen LogP contribution in [0.3, 0.4) is 0 Å². The van der Waals surface area contributed by atoms with Crippen molar-refractivity contribution >= 4 is 85.2 Å². The van der Waals surface area contributed by atoms with Gasteiger partial charge in [0.15, 0.2) is 0 Å². The second-order valence-corrected chi connectivity index (χ2v) is 14.1. The molecule has 0 unspecified atom stereocenters. The van der Waals surface area contributed by atoms with Crippen LogP contribution in [-0.4, -0.2) is 0 Å². The Bertz CT molecular complexity index is 2740. The average molecular weight is 619 g/mol. The summed E-state index contributed by atoms with van der Waals surface area (Å²) >= 11 is 3.85. The Kier molecular flexibility index (Phi) is 5.72. The minimum absolute atomic E-state index is 1.26. The maximum absolute atomic E-state index is 2.47. The number of fused-ring (bicyclic) bond motifs is 8. The van der Waals surface area contributed by atoms with Crippen molar-refractivity contribution in [3.8, 4) is 32.7 Å². The van der Waals surface area contributed by atoms with E-state index in [1.165, 1.54) is 95.3 Å². The summed E-state index contributed by atoms with van der Waals surface area (Å²) in [5, 5.41) is 11.7. The summed E-state index contributed by atoms with van der Waals surface area (Å²) in [5.74, 6) is 0. The number of thiophene rings is 2. The average Bonchev–Trinajstić information content (AvgIpc) is 3.72. The second kappa shape index (κ2) is 10.1. The van der Waals surface area contributed by atoms with Gasteiger partial charge in [-0.25, -0.2) is 0 Å². The molecular weight excluding hydrogens is 593 g/mol. The van der Waals surface area contributed by atoms with Gasteiger partial charge in [-0.1, -0.05) is 133 Å². The fourth-order valence-corrected chi connectivity index (χ4v) is 9.90. The largest absolute Gasteiger partial charge is 0.135 e. The van der Waals surface area contributed by atoms with Crippen molar-refractivity contribution in [1.29, 1.82) is 0 Å². The van der Waals surface area contributed by atoms with Crippen molar-refractivity contribution in [2.75, 3.05) is 0 Å². The zero-order valence-corrected chi connectivity index (χ0v) is 26.5. The van der Waals surface area contributed by atoms with Gasteiger partial charge < -0.3 is 0 Å². The normalized spacial score (nSPS) is 11.9. The lowest BCUT2D eigenvalue weighted by Crippen LogP contribution is -1.91. The van der Waals surface area contributed by atoms with Crippen molar-refractivity contribution in [3.05, 3.63) is 158 Å². The zero-order valence-electron chi connectivity index (χ0n) is 24.8. The van der Waals surface area contributed by atoms with Gasteiger partial charge in [0.2, 0.25) is 0 Å². The maximum atomic E-state index is 2.47. The lowest BCUT2D eigenvalue weighted by Gasteiger charge is -2.18. The molecule has 214 valence electrons. The van der Waals surface area contributed by atoms with E-state index in [0.717, 1.165) is 0 Å². The van der Waals surface area contributed by atoms with E-state index < -0.39 is 0 Å². The van der Waals surface area contributed by atoms with Gasteiger partial charge in [0.25, 0.3) is 0 Å². The van der Waals surface area contributed by atoms with Crippen LogP contribution in [0, 0.1) is 0 Å². The van der Waals surface area contributed by atoms with Crippen molar-refractivity contribution in [3.63, 3.8) is 0 Å². The first-order chi connectivity index (χ1) is 22.8. The lowest BCUT2D eigenvalue weighted by atomic mass is 9.85. The Morgan fingerprint density at radius 3 is 1.70 bits per heavy atom. The summed E-state index contributed by atoms with van der Waals surface area (Å²) in [7, 11) is 0. The first-order valence-corrected chi connectivity index (χ1v) is 17.3. The van der Waals surface area contributed by atoms with E-state index in [9.17, 15) is 0 Å². The second-order valence-electron chi connectivity index (χ2n) is 12.0. The molecule has 0 saturated carbocycles. The van der Waals surface area contributed by atoms with Crippen LogP contribution in [0.2, 0.25) is 0 Å². The van der Waals surface area contributed by atoms with E-state index >= 15 is 0 Å². The van der Waals surface area contributed by atoms with Crippen LogP contribution in [0.4, 0.5) is 0 Å². The highest BCUT2D eigenvalue weighted by atomic mass is 32.1. The highest BCUT2D eigenvalue weighted by Crippen LogP contribution is 2.51. The minimum atomic E-state index is 1.26. The first kappa shape index (κ1) is 26.0. The van der Waals surface area contributed by atoms with Crippen molar-refractivity contribution in [2.45, 2.75) is 0 Å². The standard InChI is InChI=1S/C44H26S2/c1-2-13-28(14-3-1)39-26-31-25-37(44-42(43(31)46-39)36-20-10-11-21-38(36)45-44)41-34-18-8-6-16-32(34)40(33-17-7-9-19-35(33)41)30-23-22-27-12-4-5-15-29(27)24-30/h1-26H. The third kappa shape index (κ3) is 3.84. The molecule has 2 heterocycles. The SMILES string of the molecule is c1ccc(-c2cc3cc(-c4c5ccccc5c(-c5ccc6ccccc6c5)c5ccccc45)c4sc5ccccc5c4c3s2)cc1. The Balaban J connectivity index is 1.35. The molecule has 46 heavy (non-hydrogen) atoms. The van der Waals surface area contributed by atoms with Gasteiger partial charge in [0.05, 0.1) is 0 Å². The van der Waals surface area contributed by atoms with Crippen LogP contribution in [-0.2, 0) is 0 Å². The number of hydrogen-bond donors (Lipinski definition) is 0. The highest BCUT2D eigenvalue weighted by molar-refractivity contribution is 7.28. The lowest BCUT2D eigenvalue weighted by molar-refractivity contribution is 1.69. The molecule has 0 nitrogen and oxygen atoms in total. The summed E-state index contributed by atoms with van der Waals surface area (Å²) in [5.41, 5.74) is 6.47. The number of benzene rings is 8. The Hall–Kier alpha value is -5.28. The van der Waals surface area contributed by atoms with E-state index in [4.69, 9.17) is 0 Å². The topological polar surface area (TPSA) is 0 Å². The van der Waals surface area contributed by atoms with Crippen molar-refractivity contribution in [2.24, 2.45) is 0 Å². The summed E-state index contributed by atoms with van der Waals surface area (Å²) < 4.78 is 4.07. The fourth-order valence-electron chi connectivity index (χ4n) is 7.39. The van der Waals surface area contributed by atoms with Gasteiger partial charge in [0, 0.05) is 35.3 Å². The molecular formula is C44H26S2. The molecule has 0 fully saturated rings. The molecule has 0 aliphatic rings. The van der Waals surface area contributed by atoms with Gasteiger partial charge in [-0.05, 0) is 84.2 Å². The predicted molar refractivity (Wildman–Crippen MR) is 204 cm³/mol. The maximum Gasteiger partial charge on any atom is 0.0448 e. The molecule has 0 aliphatic carbocycles. The first-order valence-electron chi connectivity index (χ1n) is 15.7. The highest BCUT2D eigenvalue weighted by Gasteiger charge is 2.22. The summed E-state index contributed by atoms with van der Waals surface area (Å²) in [6.07, 6.45) is 0. The minimum Gasteiger partial charge on any atom is -0.135 e. The zero-order chi connectivity index (χ0) is 30.2. The quantitative estimate of drug-likeness (QED) is 0.173. The van der Waals surface area contributed by atoms with E-state index in [2.05, 4.69) is 158 Å². The Morgan fingerprint density at radius 1 is 0.348 bits per heavy atom. The van der Waals surface area contributed by atoms with Gasteiger partial charge in [-0.15, -0.1) is 22.7 Å². The number of rotatable bonds is 3. The molecule has 2 aromatic heterocycles. The molecule has 8 aromatic carbocycles. The van der Waals surface area contributed by atoms with Crippen molar-refractivity contribution < 1.29 is 0 Å². The molecule has 2 heteroatoms. The third-order valence-electron chi connectivity index (χ3n) is 9.43. The Labute approximate surface area is 274 Å². The molecule has 0 aliphatic heterocycles. The van der Waals surface area contributed by atoms with Crippen LogP contribution >= 0.6 is 22.7 Å². The summed E-state index contributed by atoms with van der Waals surface area (Å²) in [6.45, 7) is 0. The van der Waals surface area contributed by atoms with Gasteiger partial charge in [-0.2, -0.15) is 0 Å². The van der Waals surface area contributed by atoms with E-state index in [-0.39, 0.29) is 0 Å². The molecule has 0 radical (unpaired) electrons. The molecule has 10 aromatic rings. The summed E-state index contributed by atoms with van der Waals surface area (Å²) in [6, 6.07) is 58.2. The van der Waals surface area contributed by atoms with Crippen LogP contribution < -0.4 is 0 Å². The van der Waals surface area contributed by atoms with E-state index in [1.807, 2.05) is 22.7 Å². The molecule has 0 N–H and O–H groups in total. The Morgan fingerprint density at radius 2 is 0.957 bits per heavy atom. The van der Waals surface area contributed by atoms with Crippen molar-refractivity contribution in [1.82, 2.24) is 0 Å².